The Hall–Kier alpha value is -2.11. The van der Waals surface area contributed by atoms with E-state index in [1.165, 1.54) is 17.1 Å². The van der Waals surface area contributed by atoms with E-state index in [0.717, 1.165) is 0 Å². The summed E-state index contributed by atoms with van der Waals surface area (Å²) in [5.41, 5.74) is 6.50. The molecule has 0 saturated heterocycles. The van der Waals surface area contributed by atoms with Gasteiger partial charge in [-0.05, 0) is 28.6 Å². The van der Waals surface area contributed by atoms with E-state index in [-0.39, 0.29) is 5.75 Å². The number of anilines is 1. The third-order valence-electron chi connectivity index (χ3n) is 1.62. The molecule has 1 aromatic heterocycles. The molecule has 0 spiro atoms. The van der Waals surface area contributed by atoms with Gasteiger partial charge in [-0.25, -0.2) is 4.68 Å². The summed E-state index contributed by atoms with van der Waals surface area (Å²) in [5.74, 6) is 0.0526. The van der Waals surface area contributed by atoms with Crippen LogP contribution in [0, 0.1) is 0 Å². The van der Waals surface area contributed by atoms with Gasteiger partial charge in [0.1, 0.15) is 12.1 Å². The maximum absolute atomic E-state index is 9.16. The van der Waals surface area contributed by atoms with Crippen molar-refractivity contribution in [1.82, 2.24) is 20.2 Å². The Kier molecular flexibility index (Phi) is 1.59. The second kappa shape index (κ2) is 2.74. The molecule has 2 rings (SSSR count). The van der Waals surface area contributed by atoms with Gasteiger partial charge >= 0.3 is 0 Å². The zero-order chi connectivity index (χ0) is 9.26. The monoisotopic (exact) mass is 177 g/mol. The SMILES string of the molecule is Nc1cc(-n2cnnn2)ccc1O. The molecule has 0 aliphatic heterocycles. The van der Waals surface area contributed by atoms with E-state index in [0.29, 0.717) is 11.4 Å². The predicted molar refractivity (Wildman–Crippen MR) is 45.2 cm³/mol. The Morgan fingerprint density at radius 3 is 2.85 bits per heavy atom. The van der Waals surface area contributed by atoms with Crippen LogP contribution in [0.15, 0.2) is 24.5 Å². The summed E-state index contributed by atoms with van der Waals surface area (Å²) in [7, 11) is 0. The third kappa shape index (κ3) is 1.28. The Balaban J connectivity index is 2.49. The number of hydrogen-bond acceptors (Lipinski definition) is 5. The van der Waals surface area contributed by atoms with Crippen LogP contribution in [0.3, 0.4) is 0 Å². The van der Waals surface area contributed by atoms with Crippen molar-refractivity contribution in [1.29, 1.82) is 0 Å². The van der Waals surface area contributed by atoms with E-state index < -0.39 is 0 Å². The lowest BCUT2D eigenvalue weighted by molar-refractivity contribution is 0.478. The van der Waals surface area contributed by atoms with Crippen molar-refractivity contribution < 1.29 is 5.11 Å². The molecule has 66 valence electrons. The van der Waals surface area contributed by atoms with Gasteiger partial charge in [0.2, 0.25) is 0 Å². The molecule has 2 aromatic rings. The van der Waals surface area contributed by atoms with Gasteiger partial charge in [-0.2, -0.15) is 0 Å². The number of hydrogen-bond donors (Lipinski definition) is 2. The number of phenolic OH excluding ortho intramolecular Hbond substituents is 1. The molecule has 0 fully saturated rings. The van der Waals surface area contributed by atoms with E-state index >= 15 is 0 Å². The summed E-state index contributed by atoms with van der Waals surface area (Å²) in [5, 5.41) is 19.8. The van der Waals surface area contributed by atoms with E-state index in [2.05, 4.69) is 15.5 Å². The lowest BCUT2D eigenvalue weighted by Crippen LogP contribution is -1.96. The van der Waals surface area contributed by atoms with Gasteiger partial charge in [0, 0.05) is 0 Å². The maximum Gasteiger partial charge on any atom is 0.143 e. The first-order chi connectivity index (χ1) is 6.27. The predicted octanol–water partition coefficient (Wildman–Crippen LogP) is -0.0499. The summed E-state index contributed by atoms with van der Waals surface area (Å²) in [4.78, 5) is 0. The van der Waals surface area contributed by atoms with Crippen LogP contribution in [0.1, 0.15) is 0 Å². The zero-order valence-corrected chi connectivity index (χ0v) is 6.62. The summed E-state index contributed by atoms with van der Waals surface area (Å²) in [6.45, 7) is 0. The maximum atomic E-state index is 9.16. The molecule has 0 saturated carbocycles. The number of nitrogen functional groups attached to an aromatic ring is 1. The van der Waals surface area contributed by atoms with Gasteiger partial charge < -0.3 is 10.8 Å². The minimum absolute atomic E-state index is 0.0526. The number of rotatable bonds is 1. The molecule has 0 radical (unpaired) electrons. The Morgan fingerprint density at radius 2 is 2.23 bits per heavy atom. The summed E-state index contributed by atoms with van der Waals surface area (Å²) in [6, 6.07) is 4.75. The highest BCUT2D eigenvalue weighted by Gasteiger charge is 2.01. The number of aromatic hydroxyl groups is 1. The molecule has 13 heavy (non-hydrogen) atoms. The number of aromatic nitrogens is 4. The van der Waals surface area contributed by atoms with Gasteiger partial charge in [-0.3, -0.25) is 0 Å². The van der Waals surface area contributed by atoms with Crippen LogP contribution in [0.25, 0.3) is 5.69 Å². The molecule has 0 amide bonds. The van der Waals surface area contributed by atoms with Crippen LogP contribution < -0.4 is 5.73 Å². The van der Waals surface area contributed by atoms with Crippen LogP contribution in [0.4, 0.5) is 5.69 Å². The molecule has 0 aliphatic carbocycles. The number of tetrazole rings is 1. The summed E-state index contributed by atoms with van der Waals surface area (Å²) < 4.78 is 1.45. The lowest BCUT2D eigenvalue weighted by Gasteiger charge is -2.01. The first-order valence-corrected chi connectivity index (χ1v) is 3.59. The smallest absolute Gasteiger partial charge is 0.143 e. The number of nitrogens with two attached hydrogens (primary N) is 1. The quantitative estimate of drug-likeness (QED) is 0.470. The van der Waals surface area contributed by atoms with E-state index in [1.54, 1.807) is 12.1 Å². The summed E-state index contributed by atoms with van der Waals surface area (Å²) >= 11 is 0. The highest BCUT2D eigenvalue weighted by molar-refractivity contribution is 5.56. The van der Waals surface area contributed by atoms with Crippen molar-refractivity contribution in [3.8, 4) is 11.4 Å². The van der Waals surface area contributed by atoms with Crippen molar-refractivity contribution in [2.75, 3.05) is 5.73 Å². The second-order valence-corrected chi connectivity index (χ2v) is 2.50. The average Bonchev–Trinajstić information content (AvgIpc) is 2.62. The first kappa shape index (κ1) is 7.53. The molecule has 6 nitrogen and oxygen atoms in total. The Labute approximate surface area is 73.6 Å². The molecular weight excluding hydrogens is 170 g/mol. The van der Waals surface area contributed by atoms with Gasteiger partial charge in [-0.15, -0.1) is 5.10 Å². The second-order valence-electron chi connectivity index (χ2n) is 2.50. The normalized spacial score (nSPS) is 10.2. The molecule has 0 aliphatic rings. The number of nitrogens with zero attached hydrogens (tertiary/aromatic N) is 4. The van der Waals surface area contributed by atoms with E-state index in [9.17, 15) is 0 Å². The fraction of sp³-hybridized carbons (Fsp3) is 0. The highest BCUT2D eigenvalue weighted by atomic mass is 16.3. The average molecular weight is 177 g/mol. The Morgan fingerprint density at radius 1 is 1.38 bits per heavy atom. The molecule has 1 heterocycles. The van der Waals surface area contributed by atoms with Crippen LogP contribution >= 0.6 is 0 Å². The standard InChI is InChI=1S/C7H7N5O/c8-6-3-5(1-2-7(6)13)12-4-9-10-11-12/h1-4,13H,8H2. The largest absolute Gasteiger partial charge is 0.506 e. The molecule has 1 aromatic carbocycles. The molecule has 6 heteroatoms. The first-order valence-electron chi connectivity index (χ1n) is 3.59. The van der Waals surface area contributed by atoms with Crippen LogP contribution in [0.2, 0.25) is 0 Å². The van der Waals surface area contributed by atoms with E-state index in [1.807, 2.05) is 0 Å². The van der Waals surface area contributed by atoms with Crippen molar-refractivity contribution >= 4 is 5.69 Å². The molecule has 0 atom stereocenters. The highest BCUT2D eigenvalue weighted by Crippen LogP contribution is 2.21. The fourth-order valence-corrected chi connectivity index (χ4v) is 0.964. The zero-order valence-electron chi connectivity index (χ0n) is 6.62. The van der Waals surface area contributed by atoms with Crippen LogP contribution in [0.5, 0.6) is 5.75 Å². The minimum atomic E-state index is 0.0526. The van der Waals surface area contributed by atoms with Gasteiger partial charge in [0.15, 0.2) is 0 Å². The van der Waals surface area contributed by atoms with Crippen molar-refractivity contribution in [2.45, 2.75) is 0 Å². The molecular formula is C7H7N5O. The van der Waals surface area contributed by atoms with E-state index in [4.69, 9.17) is 10.8 Å². The third-order valence-corrected chi connectivity index (χ3v) is 1.62. The summed E-state index contributed by atoms with van der Waals surface area (Å²) in [6.07, 6.45) is 1.45. The van der Waals surface area contributed by atoms with Gasteiger partial charge in [0.05, 0.1) is 11.4 Å². The Bertz CT molecular complexity index is 411. The van der Waals surface area contributed by atoms with Crippen LogP contribution in [-0.2, 0) is 0 Å². The lowest BCUT2D eigenvalue weighted by atomic mass is 10.2. The molecule has 0 unspecified atom stereocenters. The topological polar surface area (TPSA) is 89.9 Å². The minimum Gasteiger partial charge on any atom is -0.506 e. The van der Waals surface area contributed by atoms with Crippen molar-refractivity contribution in [2.24, 2.45) is 0 Å². The van der Waals surface area contributed by atoms with Crippen molar-refractivity contribution in [3.05, 3.63) is 24.5 Å². The van der Waals surface area contributed by atoms with Gasteiger partial charge in [0.25, 0.3) is 0 Å². The number of benzene rings is 1. The molecule has 3 N–H and O–H groups in total. The number of phenols is 1. The van der Waals surface area contributed by atoms with Crippen LogP contribution in [-0.4, -0.2) is 25.3 Å². The molecule has 0 bridgehead atoms. The van der Waals surface area contributed by atoms with Gasteiger partial charge in [-0.1, -0.05) is 0 Å². The fourth-order valence-electron chi connectivity index (χ4n) is 0.964. The van der Waals surface area contributed by atoms with Crippen molar-refractivity contribution in [3.63, 3.8) is 0 Å².